The van der Waals surface area contributed by atoms with Crippen LogP contribution in [0.2, 0.25) is 5.15 Å². The highest BCUT2D eigenvalue weighted by Gasteiger charge is 2.27. The molecule has 0 amide bonds. The highest BCUT2D eigenvalue weighted by molar-refractivity contribution is 7.98. The lowest BCUT2D eigenvalue weighted by atomic mass is 10.3. The number of aromatic nitrogens is 2. The molecular weight excluding hydrogens is 266 g/mol. The Kier molecular flexibility index (Phi) is 5.13. The predicted molar refractivity (Wildman–Crippen MR) is 79.9 cm³/mol. The second kappa shape index (κ2) is 6.62. The molecule has 1 heterocycles. The Balaban J connectivity index is 1.93. The number of thioether (sulfide) groups is 1. The molecule has 0 atom stereocenters. The van der Waals surface area contributed by atoms with Crippen molar-refractivity contribution in [1.82, 2.24) is 9.97 Å². The maximum atomic E-state index is 6.16. The van der Waals surface area contributed by atoms with Gasteiger partial charge in [-0.15, -0.1) is 0 Å². The quantitative estimate of drug-likeness (QED) is 0.610. The van der Waals surface area contributed by atoms with Crippen LogP contribution in [0, 0.1) is 6.92 Å². The molecule has 18 heavy (non-hydrogen) atoms. The number of anilines is 1. The van der Waals surface area contributed by atoms with Gasteiger partial charge in [0, 0.05) is 18.0 Å². The highest BCUT2D eigenvalue weighted by Crippen LogP contribution is 2.39. The topological polar surface area (TPSA) is 37.8 Å². The molecule has 0 unspecified atom stereocenters. The first-order valence-electron chi connectivity index (χ1n) is 6.49. The molecule has 100 valence electrons. The largest absolute Gasteiger partial charge is 0.370 e. The monoisotopic (exact) mass is 285 g/mol. The third-order valence-corrected chi connectivity index (χ3v) is 4.18. The molecule has 0 radical (unpaired) electrons. The average molecular weight is 286 g/mol. The molecule has 0 bridgehead atoms. The maximum absolute atomic E-state index is 6.16. The SMILES string of the molecule is CSCCCCNc1nc(C2CC2)nc(Cl)c1C. The number of hydrogen-bond acceptors (Lipinski definition) is 4. The Morgan fingerprint density at radius 2 is 2.11 bits per heavy atom. The van der Waals surface area contributed by atoms with Gasteiger partial charge in [0.1, 0.15) is 16.8 Å². The van der Waals surface area contributed by atoms with Crippen molar-refractivity contribution in [2.24, 2.45) is 0 Å². The molecule has 1 aromatic heterocycles. The lowest BCUT2D eigenvalue weighted by Gasteiger charge is -2.11. The summed E-state index contributed by atoms with van der Waals surface area (Å²) in [6.45, 7) is 2.93. The molecule has 1 aliphatic rings. The fourth-order valence-corrected chi connectivity index (χ4v) is 2.45. The lowest BCUT2D eigenvalue weighted by Crippen LogP contribution is -2.08. The van der Waals surface area contributed by atoms with Crippen molar-refractivity contribution >= 4 is 29.2 Å². The van der Waals surface area contributed by atoms with Gasteiger partial charge in [0.2, 0.25) is 0 Å². The summed E-state index contributed by atoms with van der Waals surface area (Å²) in [4.78, 5) is 8.97. The van der Waals surface area contributed by atoms with E-state index in [9.17, 15) is 0 Å². The summed E-state index contributed by atoms with van der Waals surface area (Å²) in [6.07, 6.45) is 6.95. The van der Waals surface area contributed by atoms with Crippen molar-refractivity contribution in [3.8, 4) is 0 Å². The molecular formula is C13H20ClN3S. The van der Waals surface area contributed by atoms with Crippen molar-refractivity contribution < 1.29 is 0 Å². The molecule has 0 aliphatic heterocycles. The van der Waals surface area contributed by atoms with Crippen LogP contribution in [0.4, 0.5) is 5.82 Å². The molecule has 3 nitrogen and oxygen atoms in total. The van der Waals surface area contributed by atoms with Crippen LogP contribution in [0.1, 0.15) is 43.0 Å². The lowest BCUT2D eigenvalue weighted by molar-refractivity contribution is 0.831. The van der Waals surface area contributed by atoms with E-state index in [4.69, 9.17) is 11.6 Å². The Morgan fingerprint density at radius 1 is 1.33 bits per heavy atom. The van der Waals surface area contributed by atoms with Crippen molar-refractivity contribution in [2.45, 2.75) is 38.5 Å². The summed E-state index contributed by atoms with van der Waals surface area (Å²) in [5, 5.41) is 3.99. The van der Waals surface area contributed by atoms with E-state index in [1.165, 1.54) is 31.4 Å². The van der Waals surface area contributed by atoms with Crippen LogP contribution in [0.15, 0.2) is 0 Å². The van der Waals surface area contributed by atoms with E-state index in [1.54, 1.807) is 0 Å². The molecule has 1 fully saturated rings. The van der Waals surface area contributed by atoms with E-state index in [1.807, 2.05) is 18.7 Å². The van der Waals surface area contributed by atoms with Crippen LogP contribution < -0.4 is 5.32 Å². The number of hydrogen-bond donors (Lipinski definition) is 1. The number of unbranched alkanes of at least 4 members (excludes halogenated alkanes) is 1. The Bertz CT molecular complexity index is 407. The van der Waals surface area contributed by atoms with E-state index in [2.05, 4.69) is 21.5 Å². The minimum atomic E-state index is 0.542. The zero-order valence-electron chi connectivity index (χ0n) is 11.0. The molecule has 1 N–H and O–H groups in total. The van der Waals surface area contributed by atoms with Crippen LogP contribution >= 0.6 is 23.4 Å². The van der Waals surface area contributed by atoms with E-state index in [-0.39, 0.29) is 0 Å². The first-order valence-corrected chi connectivity index (χ1v) is 8.26. The van der Waals surface area contributed by atoms with Crippen LogP contribution in [0.25, 0.3) is 0 Å². The molecule has 0 spiro atoms. The van der Waals surface area contributed by atoms with Crippen molar-refractivity contribution in [3.63, 3.8) is 0 Å². The highest BCUT2D eigenvalue weighted by atomic mass is 35.5. The van der Waals surface area contributed by atoms with Gasteiger partial charge >= 0.3 is 0 Å². The Labute approximate surface area is 118 Å². The molecule has 1 saturated carbocycles. The maximum Gasteiger partial charge on any atom is 0.137 e. The normalized spacial score (nSPS) is 14.8. The third-order valence-electron chi connectivity index (χ3n) is 3.11. The van der Waals surface area contributed by atoms with Gasteiger partial charge in [0.05, 0.1) is 0 Å². The summed E-state index contributed by atoms with van der Waals surface area (Å²) >= 11 is 8.05. The zero-order chi connectivity index (χ0) is 13.0. The molecule has 1 aliphatic carbocycles. The van der Waals surface area contributed by atoms with Gasteiger partial charge in [-0.1, -0.05) is 11.6 Å². The van der Waals surface area contributed by atoms with Crippen LogP contribution in [-0.2, 0) is 0 Å². The first-order chi connectivity index (χ1) is 8.72. The summed E-state index contributed by atoms with van der Waals surface area (Å²) < 4.78 is 0. The third kappa shape index (κ3) is 3.75. The number of halogens is 1. The predicted octanol–water partition coefficient (Wildman–Crippen LogP) is 3.87. The Morgan fingerprint density at radius 3 is 2.78 bits per heavy atom. The van der Waals surface area contributed by atoms with E-state index in [0.717, 1.165) is 23.8 Å². The summed E-state index contributed by atoms with van der Waals surface area (Å²) in [6, 6.07) is 0. The molecule has 0 saturated heterocycles. The fourth-order valence-electron chi connectivity index (χ4n) is 1.78. The van der Waals surface area contributed by atoms with Gasteiger partial charge in [0.25, 0.3) is 0 Å². The summed E-state index contributed by atoms with van der Waals surface area (Å²) in [5.74, 6) is 3.59. The van der Waals surface area contributed by atoms with Gasteiger partial charge in [-0.05, 0) is 44.6 Å². The van der Waals surface area contributed by atoms with E-state index < -0.39 is 0 Å². The molecule has 0 aromatic carbocycles. The number of nitrogens with zero attached hydrogens (tertiary/aromatic N) is 2. The van der Waals surface area contributed by atoms with Gasteiger partial charge < -0.3 is 5.32 Å². The number of nitrogens with one attached hydrogen (secondary N) is 1. The van der Waals surface area contributed by atoms with E-state index >= 15 is 0 Å². The molecule has 1 aromatic rings. The average Bonchev–Trinajstić information content (AvgIpc) is 3.18. The molecule has 2 rings (SSSR count). The van der Waals surface area contributed by atoms with Crippen molar-refractivity contribution in [3.05, 3.63) is 16.5 Å². The van der Waals surface area contributed by atoms with Crippen molar-refractivity contribution in [2.75, 3.05) is 23.9 Å². The minimum absolute atomic E-state index is 0.542. The van der Waals surface area contributed by atoms with Gasteiger partial charge in [-0.25, -0.2) is 9.97 Å². The second-order valence-corrected chi connectivity index (χ2v) is 6.09. The Hall–Kier alpha value is -0.480. The first kappa shape index (κ1) is 13.9. The smallest absolute Gasteiger partial charge is 0.137 e. The van der Waals surface area contributed by atoms with Crippen LogP contribution in [0.3, 0.4) is 0 Å². The van der Waals surface area contributed by atoms with E-state index in [0.29, 0.717) is 11.1 Å². The fraction of sp³-hybridized carbons (Fsp3) is 0.692. The van der Waals surface area contributed by atoms with Crippen LogP contribution in [-0.4, -0.2) is 28.5 Å². The minimum Gasteiger partial charge on any atom is -0.370 e. The van der Waals surface area contributed by atoms with Gasteiger partial charge in [0.15, 0.2) is 0 Å². The summed E-state index contributed by atoms with van der Waals surface area (Å²) in [5.41, 5.74) is 0.964. The molecule has 5 heteroatoms. The van der Waals surface area contributed by atoms with Crippen molar-refractivity contribution in [1.29, 1.82) is 0 Å². The number of rotatable bonds is 7. The standard InChI is InChI=1S/C13H20ClN3S/c1-9-11(14)16-13(10-5-6-10)17-12(9)15-7-3-4-8-18-2/h10H,3-8H2,1-2H3,(H,15,16,17). The second-order valence-electron chi connectivity index (χ2n) is 4.75. The van der Waals surface area contributed by atoms with Crippen LogP contribution in [0.5, 0.6) is 0 Å². The van der Waals surface area contributed by atoms with Gasteiger partial charge in [-0.2, -0.15) is 11.8 Å². The van der Waals surface area contributed by atoms with Gasteiger partial charge in [-0.3, -0.25) is 0 Å². The zero-order valence-corrected chi connectivity index (χ0v) is 12.6. The summed E-state index contributed by atoms with van der Waals surface area (Å²) in [7, 11) is 0.